The van der Waals surface area contributed by atoms with Gasteiger partial charge in [-0.2, -0.15) is 10.2 Å². The average molecular weight is 380 g/mol. The molecule has 144 valence electrons. The first kappa shape index (κ1) is 19.0. The molecular formula is C19H20N6O3. The molecule has 0 fully saturated rings. The predicted molar refractivity (Wildman–Crippen MR) is 104 cm³/mol. The average Bonchev–Trinajstić information content (AvgIpc) is 3.28. The number of hydrazone groups is 1. The smallest absolute Gasteiger partial charge is 0.312 e. The summed E-state index contributed by atoms with van der Waals surface area (Å²) in [5.74, 6) is -0.413. The third-order valence-electron chi connectivity index (χ3n) is 4.36. The molecule has 1 N–H and O–H groups in total. The molecule has 0 aliphatic heterocycles. The first-order valence-corrected chi connectivity index (χ1v) is 8.62. The first-order valence-electron chi connectivity index (χ1n) is 8.62. The molecular weight excluding hydrogens is 360 g/mol. The summed E-state index contributed by atoms with van der Waals surface area (Å²) in [5.41, 5.74) is 5.55. The molecule has 0 aliphatic carbocycles. The summed E-state index contributed by atoms with van der Waals surface area (Å²) in [6, 6.07) is 11.7. The number of nitrogens with zero attached hydrogens (tertiary/aromatic N) is 5. The van der Waals surface area contributed by atoms with E-state index in [4.69, 9.17) is 0 Å². The molecule has 28 heavy (non-hydrogen) atoms. The number of rotatable bonds is 6. The van der Waals surface area contributed by atoms with Gasteiger partial charge < -0.3 is 4.57 Å². The molecule has 0 radical (unpaired) electrons. The van der Waals surface area contributed by atoms with Gasteiger partial charge in [-0.1, -0.05) is 12.1 Å². The highest BCUT2D eigenvalue weighted by Gasteiger charge is 2.22. The number of hydrogen-bond acceptors (Lipinski definition) is 5. The summed E-state index contributed by atoms with van der Waals surface area (Å²) in [5, 5.41) is 19.2. The van der Waals surface area contributed by atoms with E-state index < -0.39 is 10.8 Å². The van der Waals surface area contributed by atoms with Crippen LogP contribution >= 0.6 is 0 Å². The standard InChI is InChI=1S/C19H20N6O3/c1-13(16-6-8-17(9-7-16)23-10-4-5-11-23)20-21-18(26)12-24-15(3)19(25(27)28)14(2)22-24/h4-11H,12H2,1-3H3,(H,21,26)/b20-13+. The highest BCUT2D eigenvalue weighted by molar-refractivity contribution is 5.99. The zero-order valence-corrected chi connectivity index (χ0v) is 15.8. The Labute approximate surface area is 161 Å². The minimum atomic E-state index is -0.494. The van der Waals surface area contributed by atoms with Gasteiger partial charge in [-0.15, -0.1) is 0 Å². The molecule has 0 spiro atoms. The monoisotopic (exact) mass is 380 g/mol. The van der Waals surface area contributed by atoms with Crippen molar-refractivity contribution in [1.82, 2.24) is 19.8 Å². The lowest BCUT2D eigenvalue weighted by Crippen LogP contribution is -2.25. The number of nitrogens with one attached hydrogen (secondary N) is 1. The van der Waals surface area contributed by atoms with Crippen LogP contribution in [-0.2, 0) is 11.3 Å². The van der Waals surface area contributed by atoms with Gasteiger partial charge in [0.15, 0.2) is 0 Å². The molecule has 9 nitrogen and oxygen atoms in total. The quantitative estimate of drug-likeness (QED) is 0.403. The van der Waals surface area contributed by atoms with Crippen LogP contribution in [0, 0.1) is 24.0 Å². The topological polar surface area (TPSA) is 107 Å². The van der Waals surface area contributed by atoms with Crippen LogP contribution in [0.1, 0.15) is 23.9 Å². The second-order valence-corrected chi connectivity index (χ2v) is 6.30. The van der Waals surface area contributed by atoms with E-state index in [-0.39, 0.29) is 17.9 Å². The molecule has 0 atom stereocenters. The Morgan fingerprint density at radius 3 is 2.43 bits per heavy atom. The molecule has 3 aromatic rings. The third-order valence-corrected chi connectivity index (χ3v) is 4.36. The Bertz CT molecular complexity index is 1030. The van der Waals surface area contributed by atoms with Crippen molar-refractivity contribution in [2.75, 3.05) is 0 Å². The molecule has 0 aliphatic rings. The predicted octanol–water partition coefficient (Wildman–Crippen LogP) is 2.74. The number of carbonyl (C=O) groups is 1. The van der Waals surface area contributed by atoms with Gasteiger partial charge in [0.1, 0.15) is 17.9 Å². The number of amides is 1. The molecule has 2 aromatic heterocycles. The van der Waals surface area contributed by atoms with Crippen LogP contribution in [0.4, 0.5) is 5.69 Å². The summed E-state index contributed by atoms with van der Waals surface area (Å²) >= 11 is 0. The Morgan fingerprint density at radius 1 is 1.21 bits per heavy atom. The van der Waals surface area contributed by atoms with Gasteiger partial charge in [0.25, 0.3) is 5.91 Å². The molecule has 9 heteroatoms. The molecule has 0 unspecified atom stereocenters. The third kappa shape index (κ3) is 3.98. The number of benzene rings is 1. The van der Waals surface area contributed by atoms with Crippen molar-refractivity contribution in [3.63, 3.8) is 0 Å². The van der Waals surface area contributed by atoms with Crippen molar-refractivity contribution in [3.8, 4) is 5.69 Å². The summed E-state index contributed by atoms with van der Waals surface area (Å²) in [7, 11) is 0. The van der Waals surface area contributed by atoms with E-state index in [9.17, 15) is 14.9 Å². The number of nitro groups is 1. The summed E-state index contributed by atoms with van der Waals surface area (Å²) in [6.45, 7) is 4.74. The van der Waals surface area contributed by atoms with Crippen molar-refractivity contribution in [1.29, 1.82) is 0 Å². The maximum atomic E-state index is 12.1. The summed E-state index contributed by atoms with van der Waals surface area (Å²) < 4.78 is 3.30. The molecule has 1 aromatic carbocycles. The van der Waals surface area contributed by atoms with E-state index in [0.29, 0.717) is 11.4 Å². The Kier molecular flexibility index (Phi) is 5.35. The second-order valence-electron chi connectivity index (χ2n) is 6.30. The van der Waals surface area contributed by atoms with E-state index in [1.54, 1.807) is 20.8 Å². The maximum Gasteiger partial charge on any atom is 0.312 e. The zero-order valence-electron chi connectivity index (χ0n) is 15.8. The first-order chi connectivity index (χ1) is 13.4. The highest BCUT2D eigenvalue weighted by atomic mass is 16.6. The normalized spacial score (nSPS) is 11.5. The van der Waals surface area contributed by atoms with Crippen LogP contribution < -0.4 is 5.43 Å². The van der Waals surface area contributed by atoms with Gasteiger partial charge >= 0.3 is 5.69 Å². The molecule has 0 saturated carbocycles. The van der Waals surface area contributed by atoms with Gasteiger partial charge in [-0.05, 0) is 50.6 Å². The van der Waals surface area contributed by atoms with Crippen LogP contribution in [0.5, 0.6) is 0 Å². The maximum absolute atomic E-state index is 12.1. The zero-order chi connectivity index (χ0) is 20.3. The Balaban J connectivity index is 1.65. The van der Waals surface area contributed by atoms with E-state index in [1.807, 2.05) is 53.4 Å². The fourth-order valence-electron chi connectivity index (χ4n) is 2.87. The second kappa shape index (κ2) is 7.87. The lowest BCUT2D eigenvalue weighted by atomic mass is 10.1. The van der Waals surface area contributed by atoms with Crippen molar-refractivity contribution in [2.45, 2.75) is 27.3 Å². The number of aryl methyl sites for hydroxylation is 1. The fourth-order valence-corrected chi connectivity index (χ4v) is 2.87. The van der Waals surface area contributed by atoms with E-state index in [2.05, 4.69) is 15.6 Å². The number of aromatic nitrogens is 3. The SMILES string of the molecule is C/C(=N\NC(=O)Cn1nc(C)c([N+](=O)[O-])c1C)c1ccc(-n2cccc2)cc1. The minimum Gasteiger partial charge on any atom is -0.324 e. The van der Waals surface area contributed by atoms with Crippen LogP contribution in [0.3, 0.4) is 0 Å². The van der Waals surface area contributed by atoms with E-state index >= 15 is 0 Å². The molecule has 0 bridgehead atoms. The van der Waals surface area contributed by atoms with Gasteiger partial charge in [-0.25, -0.2) is 5.43 Å². The molecule has 3 rings (SSSR count). The minimum absolute atomic E-state index is 0.0738. The Hall–Kier alpha value is -3.75. The summed E-state index contributed by atoms with van der Waals surface area (Å²) in [6.07, 6.45) is 3.92. The molecule has 2 heterocycles. The number of hydrogen-bond donors (Lipinski definition) is 1. The fraction of sp³-hybridized carbons (Fsp3) is 0.211. The summed E-state index contributed by atoms with van der Waals surface area (Å²) in [4.78, 5) is 22.7. The van der Waals surface area contributed by atoms with E-state index in [1.165, 1.54) is 4.68 Å². The van der Waals surface area contributed by atoms with Gasteiger partial charge in [-0.3, -0.25) is 19.6 Å². The van der Waals surface area contributed by atoms with Crippen molar-refractivity contribution in [3.05, 3.63) is 75.9 Å². The Morgan fingerprint density at radius 2 is 1.86 bits per heavy atom. The van der Waals surface area contributed by atoms with Crippen LogP contribution in [-0.4, -0.2) is 30.9 Å². The van der Waals surface area contributed by atoms with Crippen molar-refractivity contribution in [2.24, 2.45) is 5.10 Å². The largest absolute Gasteiger partial charge is 0.324 e. The number of carbonyl (C=O) groups excluding carboxylic acids is 1. The van der Waals surface area contributed by atoms with Crippen molar-refractivity contribution >= 4 is 17.3 Å². The van der Waals surface area contributed by atoms with Gasteiger partial charge in [0, 0.05) is 18.1 Å². The van der Waals surface area contributed by atoms with Gasteiger partial charge in [0.2, 0.25) is 0 Å². The lowest BCUT2D eigenvalue weighted by molar-refractivity contribution is -0.386. The van der Waals surface area contributed by atoms with Crippen molar-refractivity contribution < 1.29 is 9.72 Å². The lowest BCUT2D eigenvalue weighted by Gasteiger charge is -2.06. The highest BCUT2D eigenvalue weighted by Crippen LogP contribution is 2.21. The van der Waals surface area contributed by atoms with Crippen LogP contribution in [0.25, 0.3) is 5.69 Å². The van der Waals surface area contributed by atoms with Crippen LogP contribution in [0.15, 0.2) is 53.9 Å². The molecule has 0 saturated heterocycles. The van der Waals surface area contributed by atoms with Crippen LogP contribution in [0.2, 0.25) is 0 Å². The van der Waals surface area contributed by atoms with E-state index in [0.717, 1.165) is 11.3 Å². The van der Waals surface area contributed by atoms with Gasteiger partial charge in [0.05, 0.1) is 10.6 Å². The molecule has 1 amide bonds.